The molecule has 4 aliphatic rings. The molecule has 0 radical (unpaired) electrons. The van der Waals surface area contributed by atoms with Gasteiger partial charge in [0.1, 0.15) is 23.9 Å². The summed E-state index contributed by atoms with van der Waals surface area (Å²) in [5.74, 6) is -5.46. The van der Waals surface area contributed by atoms with Gasteiger partial charge in [-0.05, 0) is 67.8 Å². The molecule has 2 aromatic carbocycles. The number of methoxy groups -OCH3 is 1. The minimum Gasteiger partial charge on any atom is -0.491 e. The molecule has 5 amide bonds. The highest BCUT2D eigenvalue weighted by molar-refractivity contribution is 7.22. The Labute approximate surface area is 307 Å². The van der Waals surface area contributed by atoms with Crippen molar-refractivity contribution in [1.82, 2.24) is 14.7 Å². The third-order valence-electron chi connectivity index (χ3n) is 11.4. The smallest absolute Gasteiger partial charge is 0.423 e. The van der Waals surface area contributed by atoms with Crippen LogP contribution in [-0.4, -0.2) is 69.8 Å². The molecule has 52 heavy (non-hydrogen) atoms. The van der Waals surface area contributed by atoms with Crippen LogP contribution >= 0.6 is 22.9 Å². The highest BCUT2D eigenvalue weighted by atomic mass is 35.5. The lowest BCUT2D eigenvalue weighted by molar-refractivity contribution is -0.138. The first-order chi connectivity index (χ1) is 24.9. The molecule has 1 saturated carbocycles. The van der Waals surface area contributed by atoms with E-state index in [0.29, 0.717) is 32.7 Å². The largest absolute Gasteiger partial charge is 0.491 e. The normalized spacial score (nSPS) is 26.8. The number of carbonyl (C=O) groups excluding carboxylic acids is 5. The van der Waals surface area contributed by atoms with E-state index in [1.807, 2.05) is 43.3 Å². The van der Waals surface area contributed by atoms with Crippen LogP contribution in [0.4, 0.5) is 10.6 Å². The highest BCUT2D eigenvalue weighted by Gasteiger charge is 2.68. The maximum atomic E-state index is 15.1. The number of aromatic nitrogens is 2. The van der Waals surface area contributed by atoms with Gasteiger partial charge < -0.3 is 14.6 Å². The molecule has 2 aliphatic heterocycles. The Balaban J connectivity index is 1.26. The van der Waals surface area contributed by atoms with E-state index in [2.05, 4.69) is 0 Å². The molecule has 3 fully saturated rings. The molecule has 2 saturated heterocycles. The van der Waals surface area contributed by atoms with Gasteiger partial charge in [-0.3, -0.25) is 23.9 Å². The summed E-state index contributed by atoms with van der Waals surface area (Å²) in [7, 11) is 2.80. The van der Waals surface area contributed by atoms with Crippen LogP contribution < -0.4 is 9.64 Å². The Morgan fingerprint density at radius 2 is 1.85 bits per heavy atom. The van der Waals surface area contributed by atoms with E-state index in [-0.39, 0.29) is 26.1 Å². The predicted molar refractivity (Wildman–Crippen MR) is 192 cm³/mol. The van der Waals surface area contributed by atoms with E-state index in [4.69, 9.17) is 26.2 Å². The van der Waals surface area contributed by atoms with Crippen molar-refractivity contribution in [2.75, 3.05) is 25.2 Å². The second-order valence-corrected chi connectivity index (χ2v) is 15.4. The van der Waals surface area contributed by atoms with Gasteiger partial charge in [0.2, 0.25) is 23.6 Å². The minimum atomic E-state index is -1.34. The van der Waals surface area contributed by atoms with Gasteiger partial charge in [-0.15, -0.1) is 11.3 Å². The summed E-state index contributed by atoms with van der Waals surface area (Å²) in [4.78, 5) is 72.5. The van der Waals surface area contributed by atoms with E-state index < -0.39 is 64.7 Å². The van der Waals surface area contributed by atoms with Crippen molar-refractivity contribution < 1.29 is 38.6 Å². The van der Waals surface area contributed by atoms with Crippen molar-refractivity contribution in [3.05, 3.63) is 76.3 Å². The quantitative estimate of drug-likeness (QED) is 0.196. The predicted octanol–water partition coefficient (Wildman–Crippen LogP) is 5.63. The number of ether oxygens (including phenoxy) is 2. The van der Waals surface area contributed by atoms with Crippen LogP contribution in [0, 0.1) is 36.0 Å². The molecule has 0 bridgehead atoms. The number of aliphatic hydroxyl groups excluding tert-OH is 1. The van der Waals surface area contributed by atoms with E-state index in [0.717, 1.165) is 33.2 Å². The SMILES string of the molecule is COC(=O)N1C(=O)[C@H]2[C@H](CC=C3[C@H]2C[C@H]2C(=O)N(c4cc(-c5sc6ccc(Cl)cc6c5C)nn4C)C(=O)[C@@]2(C)[C@H]3c2ccccc2OCCO)C1=O. The number of fused-ring (bicyclic) bond motifs is 5. The highest BCUT2D eigenvalue weighted by Crippen LogP contribution is 2.64. The van der Waals surface area contributed by atoms with Crippen LogP contribution in [-0.2, 0) is 31.0 Å². The van der Waals surface area contributed by atoms with Crippen molar-refractivity contribution in [3.63, 3.8) is 0 Å². The molecule has 14 heteroatoms. The van der Waals surface area contributed by atoms with Gasteiger partial charge in [0.25, 0.3) is 0 Å². The van der Waals surface area contributed by atoms with Crippen LogP contribution in [0.1, 0.15) is 36.8 Å². The first-order valence-corrected chi connectivity index (χ1v) is 18.2. The Morgan fingerprint density at radius 1 is 1.08 bits per heavy atom. The number of para-hydroxylation sites is 1. The zero-order valence-corrected chi connectivity index (χ0v) is 30.4. The summed E-state index contributed by atoms with van der Waals surface area (Å²) in [6.45, 7) is 3.53. The Morgan fingerprint density at radius 3 is 2.60 bits per heavy atom. The third kappa shape index (κ3) is 4.75. The van der Waals surface area contributed by atoms with E-state index in [9.17, 15) is 24.3 Å². The van der Waals surface area contributed by atoms with Crippen LogP contribution in [0.5, 0.6) is 5.75 Å². The van der Waals surface area contributed by atoms with Gasteiger partial charge in [0.15, 0.2) is 0 Å². The lowest BCUT2D eigenvalue weighted by Crippen LogP contribution is -2.49. The molecule has 2 aliphatic carbocycles. The molecule has 1 N–H and O–H groups in total. The van der Waals surface area contributed by atoms with Crippen LogP contribution in [0.3, 0.4) is 0 Å². The molecule has 0 unspecified atom stereocenters. The summed E-state index contributed by atoms with van der Waals surface area (Å²) in [5, 5.41) is 16.0. The van der Waals surface area contributed by atoms with Crippen molar-refractivity contribution in [2.24, 2.45) is 36.1 Å². The third-order valence-corrected chi connectivity index (χ3v) is 13.0. The number of amides is 5. The van der Waals surface area contributed by atoms with Gasteiger partial charge in [0.05, 0.1) is 41.8 Å². The average molecular weight is 743 g/mol. The fourth-order valence-electron chi connectivity index (χ4n) is 9.07. The Bertz CT molecular complexity index is 2260. The van der Waals surface area contributed by atoms with Gasteiger partial charge in [-0.25, -0.2) is 9.69 Å². The maximum absolute atomic E-state index is 15.1. The number of halogens is 1. The summed E-state index contributed by atoms with van der Waals surface area (Å²) in [5.41, 5.74) is 1.60. The van der Waals surface area contributed by atoms with Crippen molar-refractivity contribution >= 4 is 68.6 Å². The number of hydrogen-bond donors (Lipinski definition) is 1. The van der Waals surface area contributed by atoms with E-state index in [1.165, 1.54) is 9.58 Å². The van der Waals surface area contributed by atoms with Crippen molar-refractivity contribution in [2.45, 2.75) is 32.6 Å². The number of aliphatic hydroxyl groups is 1. The summed E-state index contributed by atoms with van der Waals surface area (Å²) < 4.78 is 13.3. The fourth-order valence-corrected chi connectivity index (χ4v) is 10.4. The molecular formula is C38H35ClN4O8S. The van der Waals surface area contributed by atoms with Crippen LogP contribution in [0.25, 0.3) is 20.7 Å². The van der Waals surface area contributed by atoms with Gasteiger partial charge in [-0.2, -0.15) is 10.00 Å². The number of aryl methyl sites for hydroxylation is 2. The lowest BCUT2D eigenvalue weighted by Gasteiger charge is -2.49. The van der Waals surface area contributed by atoms with Gasteiger partial charge in [-0.1, -0.05) is 41.4 Å². The Kier molecular flexibility index (Phi) is 8.16. The number of anilines is 1. The van der Waals surface area contributed by atoms with Crippen molar-refractivity contribution in [1.29, 1.82) is 0 Å². The lowest BCUT2D eigenvalue weighted by atomic mass is 9.51. The molecule has 268 valence electrons. The number of benzene rings is 2. The number of hydrogen-bond acceptors (Lipinski definition) is 10. The number of nitrogens with zero attached hydrogens (tertiary/aromatic N) is 4. The summed E-state index contributed by atoms with van der Waals surface area (Å²) >= 11 is 7.84. The molecular weight excluding hydrogens is 708 g/mol. The molecule has 6 atom stereocenters. The molecule has 0 spiro atoms. The second-order valence-electron chi connectivity index (χ2n) is 14.0. The maximum Gasteiger partial charge on any atom is 0.423 e. The Hall–Kier alpha value is -4.85. The molecule has 12 nitrogen and oxygen atoms in total. The first-order valence-electron chi connectivity index (χ1n) is 17.0. The summed E-state index contributed by atoms with van der Waals surface area (Å²) in [6.07, 6.45) is 1.12. The number of allylic oxidation sites excluding steroid dienone is 2. The second kappa shape index (κ2) is 12.4. The molecule has 2 aromatic heterocycles. The topological polar surface area (TPSA) is 148 Å². The van der Waals surface area contributed by atoms with Crippen LogP contribution in [0.2, 0.25) is 5.02 Å². The fraction of sp³-hybridized carbons (Fsp3) is 0.368. The first kappa shape index (κ1) is 34.2. The number of likely N-dealkylation sites (tertiary alicyclic amines) is 1. The van der Waals surface area contributed by atoms with Gasteiger partial charge in [0, 0.05) is 34.3 Å². The molecule has 8 rings (SSSR count). The van der Waals surface area contributed by atoms with Crippen LogP contribution in [0.15, 0.2) is 60.2 Å². The number of rotatable bonds is 6. The summed E-state index contributed by atoms with van der Waals surface area (Å²) in [6, 6.07) is 14.6. The minimum absolute atomic E-state index is 0.00171. The van der Waals surface area contributed by atoms with Crippen molar-refractivity contribution in [3.8, 4) is 16.3 Å². The zero-order chi connectivity index (χ0) is 36.8. The average Bonchev–Trinajstić information content (AvgIpc) is 3.80. The van der Waals surface area contributed by atoms with E-state index in [1.54, 1.807) is 43.5 Å². The standard InChI is InChI=1S/C38H35ClN4O8S/c1-18-23-15-19(39)9-12-28(23)52-32(18)26-17-29(41(3)40-26)42-34(46)25-16-24-20(10-11-22-30(24)35(47)43(33(22)45)37(49)50-4)31(38(25,2)36(42)48)21-7-5-6-8-27(21)51-14-13-44/h5-10,12,15,17,22,24-25,30-31,44H,11,13-14,16H2,1-4H3/t22-,24+,25-,30-,31+,38+/m0/s1. The zero-order valence-electron chi connectivity index (χ0n) is 28.8. The van der Waals surface area contributed by atoms with E-state index >= 15 is 4.79 Å². The number of imide groups is 4. The molecule has 4 aromatic rings. The number of thiophene rings is 1. The van der Waals surface area contributed by atoms with Gasteiger partial charge >= 0.3 is 6.09 Å². The molecule has 4 heterocycles. The monoisotopic (exact) mass is 742 g/mol. The number of carbonyl (C=O) groups is 5.